The monoisotopic (exact) mass is 276 g/mol. The van der Waals surface area contributed by atoms with E-state index in [1.807, 2.05) is 23.1 Å². The van der Waals surface area contributed by atoms with Crippen molar-refractivity contribution < 1.29 is 9.53 Å². The Hall–Kier alpha value is -1.39. The van der Waals surface area contributed by atoms with Crippen LogP contribution in [0.2, 0.25) is 0 Å². The number of carbonyl (C=O) groups excluding carboxylic acids is 1. The second kappa shape index (κ2) is 7.41. The van der Waals surface area contributed by atoms with Gasteiger partial charge in [-0.05, 0) is 25.3 Å². The Morgan fingerprint density at radius 2 is 2.20 bits per heavy atom. The SMILES string of the molecule is COC(CCc1ccccc1)C(=O)N1CCNCC1C. The molecule has 1 saturated heterocycles. The summed E-state index contributed by atoms with van der Waals surface area (Å²) in [6.45, 7) is 4.57. The van der Waals surface area contributed by atoms with E-state index < -0.39 is 0 Å². The number of aryl methyl sites for hydroxylation is 1. The summed E-state index contributed by atoms with van der Waals surface area (Å²) in [5.74, 6) is 0.123. The number of benzene rings is 1. The maximum Gasteiger partial charge on any atom is 0.252 e. The third kappa shape index (κ3) is 3.81. The minimum absolute atomic E-state index is 0.123. The topological polar surface area (TPSA) is 41.6 Å². The minimum atomic E-state index is -0.337. The van der Waals surface area contributed by atoms with Crippen LogP contribution in [0.3, 0.4) is 0 Å². The lowest BCUT2D eigenvalue weighted by atomic mass is 10.0. The molecule has 0 saturated carbocycles. The van der Waals surface area contributed by atoms with Gasteiger partial charge in [-0.2, -0.15) is 0 Å². The molecule has 0 aromatic heterocycles. The van der Waals surface area contributed by atoms with Gasteiger partial charge < -0.3 is 15.0 Å². The van der Waals surface area contributed by atoms with Crippen molar-refractivity contribution in [2.24, 2.45) is 0 Å². The van der Waals surface area contributed by atoms with Crippen LogP contribution in [0.25, 0.3) is 0 Å². The second-order valence-electron chi connectivity index (χ2n) is 5.33. The first-order valence-corrected chi connectivity index (χ1v) is 7.30. The molecular formula is C16H24N2O2. The Morgan fingerprint density at radius 1 is 1.45 bits per heavy atom. The van der Waals surface area contributed by atoms with Gasteiger partial charge in [0.05, 0.1) is 0 Å². The third-order valence-electron chi connectivity index (χ3n) is 3.88. The fourth-order valence-corrected chi connectivity index (χ4v) is 2.64. The number of nitrogens with one attached hydrogen (secondary N) is 1. The maximum atomic E-state index is 12.5. The lowest BCUT2D eigenvalue weighted by Crippen LogP contribution is -2.55. The van der Waals surface area contributed by atoms with Crippen LogP contribution in [0.5, 0.6) is 0 Å². The molecule has 20 heavy (non-hydrogen) atoms. The smallest absolute Gasteiger partial charge is 0.252 e. The van der Waals surface area contributed by atoms with Crippen LogP contribution >= 0.6 is 0 Å². The van der Waals surface area contributed by atoms with E-state index in [1.54, 1.807) is 7.11 Å². The summed E-state index contributed by atoms with van der Waals surface area (Å²) in [6, 6.07) is 10.5. The van der Waals surface area contributed by atoms with Gasteiger partial charge in [0.15, 0.2) is 0 Å². The van der Waals surface area contributed by atoms with Crippen molar-refractivity contribution in [3.05, 3.63) is 35.9 Å². The lowest BCUT2D eigenvalue weighted by molar-refractivity contribution is -0.145. The highest BCUT2D eigenvalue weighted by Gasteiger charge is 2.28. The molecule has 4 nitrogen and oxygen atoms in total. The van der Waals surface area contributed by atoms with Gasteiger partial charge in [0.1, 0.15) is 6.10 Å². The summed E-state index contributed by atoms with van der Waals surface area (Å²) in [6.07, 6.45) is 1.26. The number of nitrogens with zero attached hydrogens (tertiary/aromatic N) is 1. The maximum absolute atomic E-state index is 12.5. The number of ether oxygens (including phenoxy) is 1. The van der Waals surface area contributed by atoms with Gasteiger partial charge in [0, 0.05) is 32.8 Å². The number of rotatable bonds is 5. The molecule has 1 aliphatic rings. The van der Waals surface area contributed by atoms with Crippen LogP contribution < -0.4 is 5.32 Å². The van der Waals surface area contributed by atoms with Crippen LogP contribution in [0.1, 0.15) is 18.9 Å². The van der Waals surface area contributed by atoms with Crippen molar-refractivity contribution in [1.29, 1.82) is 0 Å². The molecule has 110 valence electrons. The summed E-state index contributed by atoms with van der Waals surface area (Å²) in [4.78, 5) is 14.5. The third-order valence-corrected chi connectivity index (χ3v) is 3.88. The van der Waals surface area contributed by atoms with E-state index in [4.69, 9.17) is 4.74 Å². The first-order valence-electron chi connectivity index (χ1n) is 7.30. The fraction of sp³-hybridized carbons (Fsp3) is 0.562. The highest BCUT2D eigenvalue weighted by Crippen LogP contribution is 2.12. The van der Waals surface area contributed by atoms with Gasteiger partial charge >= 0.3 is 0 Å². The standard InChI is InChI=1S/C16H24N2O2/c1-13-12-17-10-11-18(13)16(19)15(20-2)9-8-14-6-4-3-5-7-14/h3-7,13,15,17H,8-12H2,1-2H3. The lowest BCUT2D eigenvalue weighted by Gasteiger charge is -2.36. The quantitative estimate of drug-likeness (QED) is 0.885. The Bertz CT molecular complexity index is 422. The Balaban J connectivity index is 1.91. The van der Waals surface area contributed by atoms with Crippen molar-refractivity contribution in [3.8, 4) is 0 Å². The molecule has 0 bridgehead atoms. The van der Waals surface area contributed by atoms with E-state index in [9.17, 15) is 4.79 Å². The zero-order chi connectivity index (χ0) is 14.4. The molecule has 2 rings (SSSR count). The van der Waals surface area contributed by atoms with Crippen LogP contribution in [-0.4, -0.2) is 49.7 Å². The zero-order valence-corrected chi connectivity index (χ0v) is 12.3. The predicted octanol–water partition coefficient (Wildman–Crippen LogP) is 1.45. The Kier molecular flexibility index (Phi) is 5.56. The highest BCUT2D eigenvalue weighted by molar-refractivity contribution is 5.81. The van der Waals surface area contributed by atoms with Crippen molar-refractivity contribution in [2.75, 3.05) is 26.7 Å². The van der Waals surface area contributed by atoms with E-state index in [0.717, 1.165) is 32.5 Å². The van der Waals surface area contributed by atoms with Crippen molar-refractivity contribution >= 4 is 5.91 Å². The molecule has 1 amide bonds. The van der Waals surface area contributed by atoms with E-state index in [1.165, 1.54) is 5.56 Å². The number of methoxy groups -OCH3 is 1. The summed E-state index contributed by atoms with van der Waals surface area (Å²) < 4.78 is 5.42. The molecule has 0 spiro atoms. The van der Waals surface area contributed by atoms with Crippen molar-refractivity contribution in [3.63, 3.8) is 0 Å². The molecular weight excluding hydrogens is 252 g/mol. The number of amides is 1. The van der Waals surface area contributed by atoms with Crippen LogP contribution in [0.4, 0.5) is 0 Å². The van der Waals surface area contributed by atoms with Crippen molar-refractivity contribution in [1.82, 2.24) is 10.2 Å². The average Bonchev–Trinajstić information content (AvgIpc) is 2.49. The number of carbonyl (C=O) groups is 1. The van der Waals surface area contributed by atoms with Crippen molar-refractivity contribution in [2.45, 2.75) is 31.9 Å². The molecule has 2 unspecified atom stereocenters. The fourth-order valence-electron chi connectivity index (χ4n) is 2.64. The predicted molar refractivity (Wildman–Crippen MR) is 79.6 cm³/mol. The molecule has 0 radical (unpaired) electrons. The molecule has 1 fully saturated rings. The van der Waals surface area contributed by atoms with E-state index >= 15 is 0 Å². The Labute approximate surface area is 121 Å². The first kappa shape index (κ1) is 15.0. The molecule has 1 aromatic carbocycles. The number of hydrogen-bond donors (Lipinski definition) is 1. The van der Waals surface area contributed by atoms with Crippen LogP contribution in [0.15, 0.2) is 30.3 Å². The van der Waals surface area contributed by atoms with Crippen LogP contribution in [0, 0.1) is 0 Å². The zero-order valence-electron chi connectivity index (χ0n) is 12.3. The highest BCUT2D eigenvalue weighted by atomic mass is 16.5. The summed E-state index contributed by atoms with van der Waals surface area (Å²) in [5.41, 5.74) is 1.25. The molecule has 4 heteroatoms. The van der Waals surface area contributed by atoms with E-state index in [-0.39, 0.29) is 18.1 Å². The van der Waals surface area contributed by atoms with Gasteiger partial charge in [-0.25, -0.2) is 0 Å². The molecule has 1 N–H and O–H groups in total. The summed E-state index contributed by atoms with van der Waals surface area (Å²) >= 11 is 0. The second-order valence-corrected chi connectivity index (χ2v) is 5.33. The largest absolute Gasteiger partial charge is 0.372 e. The molecule has 1 aliphatic heterocycles. The average molecular weight is 276 g/mol. The molecule has 1 heterocycles. The van der Waals surface area contributed by atoms with Crippen LogP contribution in [-0.2, 0) is 16.0 Å². The van der Waals surface area contributed by atoms with E-state index in [2.05, 4.69) is 24.4 Å². The van der Waals surface area contributed by atoms with E-state index in [0.29, 0.717) is 0 Å². The van der Waals surface area contributed by atoms with Gasteiger partial charge in [-0.3, -0.25) is 4.79 Å². The van der Waals surface area contributed by atoms with Gasteiger partial charge in [0.25, 0.3) is 5.91 Å². The number of hydrogen-bond acceptors (Lipinski definition) is 3. The van der Waals surface area contributed by atoms with Gasteiger partial charge in [-0.1, -0.05) is 30.3 Å². The molecule has 1 aromatic rings. The normalized spacial score (nSPS) is 20.7. The summed E-state index contributed by atoms with van der Waals surface area (Å²) in [7, 11) is 1.63. The van der Waals surface area contributed by atoms with Gasteiger partial charge in [-0.15, -0.1) is 0 Å². The Morgan fingerprint density at radius 3 is 2.85 bits per heavy atom. The summed E-state index contributed by atoms with van der Waals surface area (Å²) in [5, 5.41) is 3.30. The number of piperazine rings is 1. The molecule has 2 atom stereocenters. The minimum Gasteiger partial charge on any atom is -0.372 e. The molecule has 0 aliphatic carbocycles. The first-order chi connectivity index (χ1) is 9.72. The van der Waals surface area contributed by atoms with Gasteiger partial charge in [0.2, 0.25) is 0 Å².